The molecule has 86 valence electrons. The molecule has 9 heteroatoms. The van der Waals surface area contributed by atoms with Gasteiger partial charge in [-0.05, 0) is 24.3 Å². The fourth-order valence-corrected chi connectivity index (χ4v) is 1.11. The fraction of sp³-hybridized carbons (Fsp3) is 0.250. The summed E-state index contributed by atoms with van der Waals surface area (Å²) in [6.07, 6.45) is 0. The summed E-state index contributed by atoms with van der Waals surface area (Å²) >= 11 is 0. The van der Waals surface area contributed by atoms with Crippen LogP contribution >= 0.6 is 0 Å². The molecule has 0 aromatic heterocycles. The number of rotatable bonds is 3. The Morgan fingerprint density at radius 2 is 1.65 bits per heavy atom. The van der Waals surface area contributed by atoms with Gasteiger partial charge >= 0.3 is 29.6 Å². The van der Waals surface area contributed by atoms with Gasteiger partial charge < -0.3 is 9.45 Å². The van der Waals surface area contributed by atoms with Crippen molar-refractivity contribution in [2.24, 2.45) is 9.63 Å². The van der Waals surface area contributed by atoms with E-state index in [0.29, 0.717) is 5.69 Å². The van der Waals surface area contributed by atoms with Gasteiger partial charge in [-0.15, -0.1) is 5.11 Å². The normalized spacial score (nSPS) is 10.5. The molecule has 1 aromatic rings. The Balaban J connectivity index is 0. The second-order valence-corrected chi connectivity index (χ2v) is 4.04. The first-order valence-corrected chi connectivity index (χ1v) is 5.41. The van der Waals surface area contributed by atoms with Crippen LogP contribution in [0.25, 0.3) is 0 Å². The Morgan fingerprint density at radius 3 is 2.00 bits per heavy atom. The number of nitrogens with zero attached hydrogens (tertiary/aromatic N) is 3. The summed E-state index contributed by atoms with van der Waals surface area (Å²) in [5.74, 6) is 0. The Kier molecular flexibility index (Phi) is 9.93. The maximum absolute atomic E-state index is 10.2. The van der Waals surface area contributed by atoms with Gasteiger partial charge in [0.2, 0.25) is 10.3 Å². The third-order valence-electron chi connectivity index (χ3n) is 1.62. The molecule has 0 saturated carbocycles. The largest absolute Gasteiger partial charge is 1.00 e. The second-order valence-electron chi connectivity index (χ2n) is 3.02. The van der Waals surface area contributed by atoms with Gasteiger partial charge in [-0.1, -0.05) is 4.52 Å². The van der Waals surface area contributed by atoms with Crippen LogP contribution in [0.15, 0.2) is 33.9 Å². The molecule has 0 N–H and O–H groups in total. The van der Waals surface area contributed by atoms with E-state index in [9.17, 15) is 13.0 Å². The van der Waals surface area contributed by atoms with Crippen LogP contribution in [0.3, 0.4) is 0 Å². The summed E-state index contributed by atoms with van der Waals surface area (Å²) < 4.78 is 33.1. The van der Waals surface area contributed by atoms with Crippen molar-refractivity contribution in [1.82, 2.24) is 0 Å². The van der Waals surface area contributed by atoms with E-state index < -0.39 is 10.3 Å². The maximum Gasteiger partial charge on any atom is 1.00 e. The topological polar surface area (TPSA) is 85.2 Å². The molecule has 0 spiro atoms. The van der Waals surface area contributed by atoms with Crippen LogP contribution in [0.2, 0.25) is 0 Å². The van der Waals surface area contributed by atoms with E-state index in [4.69, 9.17) is 0 Å². The molecule has 0 amide bonds. The van der Waals surface area contributed by atoms with Crippen LogP contribution in [-0.2, 0) is 10.3 Å². The molecule has 6 nitrogen and oxygen atoms in total. The van der Waals surface area contributed by atoms with Crippen molar-refractivity contribution < 1.29 is 42.5 Å². The zero-order valence-corrected chi connectivity index (χ0v) is 16.5. The Morgan fingerprint density at radius 1 is 1.18 bits per heavy atom. The van der Waals surface area contributed by atoms with E-state index in [2.05, 4.69) is 9.63 Å². The van der Waals surface area contributed by atoms with Gasteiger partial charge in [0.15, 0.2) is 0 Å². The molecule has 0 aliphatic heterocycles. The minimum Gasteiger partial charge on any atom is -0.728 e. The first-order chi connectivity index (χ1) is 6.88. The van der Waals surface area contributed by atoms with Crippen molar-refractivity contribution in [2.45, 2.75) is 0 Å². The summed E-state index contributed by atoms with van der Waals surface area (Å²) in [6, 6.07) is 6.63. The zero-order valence-electron chi connectivity index (χ0n) is 9.78. The van der Waals surface area contributed by atoms with Crippen LogP contribution in [-0.4, -0.2) is 54.4 Å². The Hall–Kier alpha value is 0.452. The van der Waals surface area contributed by atoms with Gasteiger partial charge in [0.1, 0.15) is 0 Å². The van der Waals surface area contributed by atoms with Crippen LogP contribution in [0, 0.1) is 0 Å². The smallest absolute Gasteiger partial charge is 0.728 e. The molecule has 1 rings (SSSR count). The SMILES string of the molecule is CN(C)c1ccc(N=NS(=O)(=O)[O-])cc1.[Na+].[Pb]. The number of benzene rings is 1. The molecular weight excluding hydrogens is 448 g/mol. The molecule has 4 radical (unpaired) electrons. The first-order valence-electron chi connectivity index (χ1n) is 4.05. The summed E-state index contributed by atoms with van der Waals surface area (Å²) in [5.41, 5.74) is 1.26. The molecule has 0 atom stereocenters. The summed E-state index contributed by atoms with van der Waals surface area (Å²) in [7, 11) is -0.904. The molecule has 1 aromatic carbocycles. The molecule has 0 unspecified atom stereocenters. The Bertz CT molecular complexity index is 461. The van der Waals surface area contributed by atoms with E-state index in [1.807, 2.05) is 19.0 Å². The minimum atomic E-state index is -4.65. The number of hydrogen-bond acceptors (Lipinski definition) is 5. The molecule has 0 heterocycles. The van der Waals surface area contributed by atoms with Crippen LogP contribution in [0.1, 0.15) is 0 Å². The summed E-state index contributed by atoms with van der Waals surface area (Å²) in [6.45, 7) is 0. The maximum atomic E-state index is 10.2. The molecule has 0 fully saturated rings. The average molecular weight is 458 g/mol. The number of hydrogen-bond donors (Lipinski definition) is 0. The van der Waals surface area contributed by atoms with Gasteiger partial charge in [-0.2, -0.15) is 0 Å². The molecule has 0 bridgehead atoms. The van der Waals surface area contributed by atoms with E-state index in [0.717, 1.165) is 5.69 Å². The number of anilines is 1. The second kappa shape index (κ2) is 8.54. The van der Waals surface area contributed by atoms with Crippen molar-refractivity contribution in [2.75, 3.05) is 19.0 Å². The van der Waals surface area contributed by atoms with E-state index in [1.165, 1.54) is 0 Å². The van der Waals surface area contributed by atoms with Crippen LogP contribution in [0.5, 0.6) is 0 Å². The van der Waals surface area contributed by atoms with Crippen molar-refractivity contribution in [3.63, 3.8) is 0 Å². The average Bonchev–Trinajstić information content (AvgIpc) is 2.14. The van der Waals surface area contributed by atoms with Crippen LogP contribution in [0.4, 0.5) is 11.4 Å². The summed E-state index contributed by atoms with van der Waals surface area (Å²) in [5, 5.41) is 3.28. The first kappa shape index (κ1) is 19.8. The molecule has 0 aliphatic carbocycles. The molecule has 17 heavy (non-hydrogen) atoms. The van der Waals surface area contributed by atoms with Crippen molar-refractivity contribution >= 4 is 49.0 Å². The summed E-state index contributed by atoms with van der Waals surface area (Å²) in [4.78, 5) is 1.88. The predicted octanol–water partition coefficient (Wildman–Crippen LogP) is -2.08. The van der Waals surface area contributed by atoms with E-state index in [1.54, 1.807) is 24.3 Å². The van der Waals surface area contributed by atoms with Crippen LogP contribution < -0.4 is 34.5 Å². The molecule has 0 saturated heterocycles. The predicted molar refractivity (Wildman–Crippen MR) is 60.7 cm³/mol. The quantitative estimate of drug-likeness (QED) is 0.296. The van der Waals surface area contributed by atoms with Gasteiger partial charge in [0, 0.05) is 47.1 Å². The van der Waals surface area contributed by atoms with Crippen molar-refractivity contribution in [1.29, 1.82) is 0 Å². The zero-order chi connectivity index (χ0) is 11.5. The Labute approximate surface area is 143 Å². The van der Waals surface area contributed by atoms with Gasteiger partial charge in [-0.25, -0.2) is 8.42 Å². The van der Waals surface area contributed by atoms with Gasteiger partial charge in [-0.3, -0.25) is 0 Å². The minimum absolute atomic E-state index is 0. The van der Waals surface area contributed by atoms with E-state index in [-0.39, 0.29) is 56.9 Å². The van der Waals surface area contributed by atoms with Gasteiger partial charge in [0.25, 0.3) is 0 Å². The van der Waals surface area contributed by atoms with Gasteiger partial charge in [0.05, 0.1) is 5.69 Å². The fourth-order valence-electron chi connectivity index (χ4n) is 0.915. The van der Waals surface area contributed by atoms with Crippen molar-refractivity contribution in [3.05, 3.63) is 24.3 Å². The molecule has 0 aliphatic rings. The van der Waals surface area contributed by atoms with E-state index >= 15 is 0 Å². The third kappa shape index (κ3) is 8.21. The third-order valence-corrected chi connectivity index (χ3v) is 1.90. The standard InChI is InChI=1S/C8H11N3O3S.Na.Pb/c1-11(2)8-5-3-7(4-6-8)9-10-15(12,13)14;;/h3-6H,1-2H3,(H,12,13,14);;/q;+1;/p-1. The molecular formula is C8H10N3NaO3PbS. The van der Waals surface area contributed by atoms with Crippen molar-refractivity contribution in [3.8, 4) is 0 Å². The monoisotopic (exact) mass is 459 g/mol.